The van der Waals surface area contributed by atoms with Crippen molar-refractivity contribution in [3.05, 3.63) is 128 Å². The maximum Gasteiger partial charge on any atom is 0.109 e. The van der Waals surface area contributed by atoms with E-state index in [4.69, 9.17) is 0 Å². The summed E-state index contributed by atoms with van der Waals surface area (Å²) in [6.45, 7) is 12.0. The summed E-state index contributed by atoms with van der Waals surface area (Å²) in [4.78, 5) is 2.48. The summed E-state index contributed by atoms with van der Waals surface area (Å²) >= 11 is 0. The molecule has 1 unspecified atom stereocenters. The van der Waals surface area contributed by atoms with Crippen molar-refractivity contribution in [2.75, 3.05) is 4.90 Å². The monoisotopic (exact) mass is 445 g/mol. The van der Waals surface area contributed by atoms with Gasteiger partial charge in [0.1, 0.15) is 8.07 Å². The summed E-state index contributed by atoms with van der Waals surface area (Å²) in [5.74, 6) is 0.368. The highest BCUT2D eigenvalue weighted by Crippen LogP contribution is 2.50. The Morgan fingerprint density at radius 3 is 2.33 bits per heavy atom. The third-order valence-electron chi connectivity index (χ3n) is 8.14. The molecule has 0 aromatic heterocycles. The molecule has 0 amide bonds. The van der Waals surface area contributed by atoms with E-state index in [2.05, 4.69) is 118 Å². The fourth-order valence-corrected chi connectivity index (χ4v) is 9.69. The van der Waals surface area contributed by atoms with Crippen LogP contribution >= 0.6 is 0 Å². The zero-order valence-corrected chi connectivity index (χ0v) is 21.2. The van der Waals surface area contributed by atoms with E-state index < -0.39 is 8.07 Å². The third-order valence-corrected chi connectivity index (χ3v) is 12.0. The molecule has 2 heteroatoms. The highest BCUT2D eigenvalue weighted by molar-refractivity contribution is 6.92. The molecule has 2 aromatic carbocycles. The second kappa shape index (κ2) is 7.20. The number of hydrogen-bond acceptors (Lipinski definition) is 1. The first-order chi connectivity index (χ1) is 15.9. The van der Waals surface area contributed by atoms with Crippen LogP contribution in [0.2, 0.25) is 13.1 Å². The molecule has 33 heavy (non-hydrogen) atoms. The zero-order valence-electron chi connectivity index (χ0n) is 20.2. The smallest absolute Gasteiger partial charge is 0.109 e. The van der Waals surface area contributed by atoms with Crippen molar-refractivity contribution in [3.63, 3.8) is 0 Å². The lowest BCUT2D eigenvalue weighted by Crippen LogP contribution is -2.34. The number of hydrogen-bond donors (Lipinski definition) is 0. The summed E-state index contributed by atoms with van der Waals surface area (Å²) in [5, 5.41) is 3.27. The van der Waals surface area contributed by atoms with Gasteiger partial charge in [-0.25, -0.2) is 0 Å². The van der Waals surface area contributed by atoms with Gasteiger partial charge in [0.25, 0.3) is 0 Å². The molecule has 0 spiro atoms. The van der Waals surface area contributed by atoms with Crippen molar-refractivity contribution >= 4 is 19.8 Å². The molecule has 0 radical (unpaired) electrons. The van der Waals surface area contributed by atoms with Gasteiger partial charge in [-0.3, -0.25) is 0 Å². The van der Waals surface area contributed by atoms with Crippen LogP contribution in [0.3, 0.4) is 0 Å². The van der Waals surface area contributed by atoms with Crippen molar-refractivity contribution in [1.82, 2.24) is 0 Å². The predicted molar refractivity (Wildman–Crippen MR) is 143 cm³/mol. The molecule has 2 aromatic rings. The van der Waals surface area contributed by atoms with E-state index in [0.29, 0.717) is 5.92 Å². The molecule has 4 aliphatic rings. The normalized spacial score (nSPS) is 21.5. The molecule has 0 bridgehead atoms. The SMILES string of the molecule is CC1=CC2=CC3C(=CC2=C1[Si](C)(C)C1=Cc2ccccc2C1)N(c1ccccc1)C(C)=C3C. The minimum atomic E-state index is -1.83. The summed E-state index contributed by atoms with van der Waals surface area (Å²) < 4.78 is 0. The van der Waals surface area contributed by atoms with Gasteiger partial charge in [-0.2, -0.15) is 0 Å². The molecular formula is C31H31NSi. The highest BCUT2D eigenvalue weighted by atomic mass is 28.3. The summed E-state index contributed by atoms with van der Waals surface area (Å²) in [5.41, 5.74) is 12.7. The highest BCUT2D eigenvalue weighted by Gasteiger charge is 2.41. The molecule has 0 saturated carbocycles. The lowest BCUT2D eigenvalue weighted by Gasteiger charge is -2.31. The molecule has 164 valence electrons. The molecule has 3 aliphatic carbocycles. The van der Waals surface area contributed by atoms with Crippen molar-refractivity contribution in [3.8, 4) is 0 Å². The van der Waals surface area contributed by atoms with Gasteiger partial charge in [-0.1, -0.05) is 84.6 Å². The molecule has 1 atom stereocenters. The van der Waals surface area contributed by atoms with Crippen LogP contribution in [0.15, 0.2) is 117 Å². The first kappa shape index (κ1) is 20.5. The summed E-state index contributed by atoms with van der Waals surface area (Å²) in [7, 11) is -1.83. The van der Waals surface area contributed by atoms with Crippen LogP contribution in [0.25, 0.3) is 6.08 Å². The van der Waals surface area contributed by atoms with E-state index >= 15 is 0 Å². The molecule has 0 saturated heterocycles. The molecular weight excluding hydrogens is 414 g/mol. The minimum Gasteiger partial charge on any atom is -0.317 e. The maximum absolute atomic E-state index is 2.55. The van der Waals surface area contributed by atoms with Crippen LogP contribution in [-0.4, -0.2) is 8.07 Å². The average molecular weight is 446 g/mol. The van der Waals surface area contributed by atoms with Crippen molar-refractivity contribution in [2.45, 2.75) is 40.3 Å². The Hall–Kier alpha value is -3.10. The first-order valence-corrected chi connectivity index (χ1v) is 15.0. The van der Waals surface area contributed by atoms with Crippen LogP contribution in [0.1, 0.15) is 31.9 Å². The van der Waals surface area contributed by atoms with Crippen LogP contribution in [0.4, 0.5) is 5.69 Å². The van der Waals surface area contributed by atoms with E-state index in [9.17, 15) is 0 Å². The molecule has 1 nitrogen and oxygen atoms in total. The fourth-order valence-electron chi connectivity index (χ4n) is 6.27. The molecule has 6 rings (SSSR count). The average Bonchev–Trinajstić information content (AvgIpc) is 3.45. The number of para-hydroxylation sites is 1. The summed E-state index contributed by atoms with van der Waals surface area (Å²) in [6, 6.07) is 19.7. The largest absolute Gasteiger partial charge is 0.317 e. The topological polar surface area (TPSA) is 3.24 Å². The predicted octanol–water partition coefficient (Wildman–Crippen LogP) is 7.92. The molecule has 0 fully saturated rings. The van der Waals surface area contributed by atoms with Crippen LogP contribution in [-0.2, 0) is 6.42 Å². The number of rotatable bonds is 3. The van der Waals surface area contributed by atoms with Crippen molar-refractivity contribution in [1.29, 1.82) is 0 Å². The van der Waals surface area contributed by atoms with E-state index in [1.54, 1.807) is 10.4 Å². The zero-order chi connectivity index (χ0) is 22.9. The van der Waals surface area contributed by atoms with Gasteiger partial charge in [0.15, 0.2) is 0 Å². The van der Waals surface area contributed by atoms with Crippen LogP contribution < -0.4 is 4.90 Å². The van der Waals surface area contributed by atoms with Gasteiger partial charge >= 0.3 is 0 Å². The Morgan fingerprint density at radius 2 is 1.58 bits per heavy atom. The van der Waals surface area contributed by atoms with Gasteiger partial charge in [0.05, 0.1) is 0 Å². The Kier molecular flexibility index (Phi) is 4.47. The van der Waals surface area contributed by atoms with Crippen molar-refractivity contribution < 1.29 is 0 Å². The number of anilines is 1. The third kappa shape index (κ3) is 2.97. The number of benzene rings is 2. The second-order valence-corrected chi connectivity index (χ2v) is 14.8. The molecule has 0 N–H and O–H groups in total. The second-order valence-electron chi connectivity index (χ2n) is 10.4. The van der Waals surface area contributed by atoms with Gasteiger partial charge in [0.2, 0.25) is 0 Å². The standard InChI is InChI=1S/C31H31NSi/c1-20-15-25-18-28-21(2)22(3)32(26-13-7-6-8-14-26)30(28)19-29(25)31(20)33(4,5)27-16-23-11-9-10-12-24(23)17-27/h6-16,18-19,28H,17H2,1-5H3. The Morgan fingerprint density at radius 1 is 0.848 bits per heavy atom. The number of nitrogens with zero attached hydrogens (tertiary/aromatic N) is 1. The Bertz CT molecular complexity index is 1380. The summed E-state index contributed by atoms with van der Waals surface area (Å²) in [6.07, 6.45) is 11.1. The molecule has 1 aliphatic heterocycles. The number of fused-ring (bicyclic) bond motifs is 3. The Labute approximate surface area is 198 Å². The first-order valence-electron chi connectivity index (χ1n) is 12.0. The van der Waals surface area contributed by atoms with Crippen molar-refractivity contribution in [2.24, 2.45) is 5.92 Å². The van der Waals surface area contributed by atoms with Gasteiger partial charge in [-0.05, 0) is 78.4 Å². The van der Waals surface area contributed by atoms with Gasteiger partial charge < -0.3 is 4.90 Å². The van der Waals surface area contributed by atoms with Crippen LogP contribution in [0, 0.1) is 5.92 Å². The maximum atomic E-state index is 2.55. The fraction of sp³-hybridized carbons (Fsp3) is 0.226. The van der Waals surface area contributed by atoms with E-state index in [0.717, 1.165) is 6.42 Å². The van der Waals surface area contributed by atoms with E-state index in [1.807, 2.05) is 0 Å². The Balaban J connectivity index is 1.48. The minimum absolute atomic E-state index is 0.368. The molecule has 1 heterocycles. The van der Waals surface area contributed by atoms with Gasteiger partial charge in [0, 0.05) is 23.0 Å². The van der Waals surface area contributed by atoms with E-state index in [-0.39, 0.29) is 0 Å². The van der Waals surface area contributed by atoms with Gasteiger partial charge in [-0.15, -0.1) is 0 Å². The quantitative estimate of drug-likeness (QED) is 0.434. The lowest BCUT2D eigenvalue weighted by molar-refractivity contribution is 0.896. The number of allylic oxidation sites excluding steroid dienone is 9. The lowest BCUT2D eigenvalue weighted by atomic mass is 9.89. The van der Waals surface area contributed by atoms with E-state index in [1.165, 1.54) is 50.5 Å². The van der Waals surface area contributed by atoms with Crippen LogP contribution in [0.5, 0.6) is 0 Å².